The third-order valence-electron chi connectivity index (χ3n) is 12.1. The van der Waals surface area contributed by atoms with E-state index in [1.807, 2.05) is 0 Å². The van der Waals surface area contributed by atoms with Crippen molar-refractivity contribution < 1.29 is 0 Å². The Hall–Kier alpha value is -7.68. The van der Waals surface area contributed by atoms with E-state index in [1.54, 1.807) is 0 Å². The van der Waals surface area contributed by atoms with Gasteiger partial charge in [0.2, 0.25) is 0 Å². The number of hydrogen-bond donors (Lipinski definition) is 0. The van der Waals surface area contributed by atoms with Gasteiger partial charge in [-0.25, -0.2) is 0 Å². The molecule has 12 rings (SSSR count). The van der Waals surface area contributed by atoms with E-state index >= 15 is 0 Å². The van der Waals surface area contributed by atoms with Gasteiger partial charge in [-0.05, 0) is 110 Å². The third-order valence-corrected chi connectivity index (χ3v) is 12.1. The van der Waals surface area contributed by atoms with Gasteiger partial charge in [0.1, 0.15) is 0 Å². The monoisotopic (exact) mass is 736 g/mol. The van der Waals surface area contributed by atoms with Crippen LogP contribution in [-0.2, 0) is 0 Å². The molecule has 0 saturated carbocycles. The Bertz CT molecular complexity index is 3530. The highest BCUT2D eigenvalue weighted by atomic mass is 15.0. The maximum absolute atomic E-state index is 2.47. The van der Waals surface area contributed by atoms with E-state index in [-0.39, 0.29) is 0 Å². The molecule has 270 valence electrons. The van der Waals surface area contributed by atoms with E-state index in [2.05, 4.69) is 228 Å². The predicted molar refractivity (Wildman–Crippen MR) is 246 cm³/mol. The standard InChI is InChI=1S/C56H36N2/c1-3-13-37(14-4-1)39-23-28-44(29-24-39)57-53-30-25-40(38-15-5-2-6-16-38)33-50(53)51-35-42(26-31-54(51)57)41-27-32-55-49(34-41)48-21-11-12-22-52(48)58(55)56-36-43-17-7-8-18-45(43)46-19-9-10-20-47(46)56/h1-36H. The second-order valence-electron chi connectivity index (χ2n) is 15.3. The lowest BCUT2D eigenvalue weighted by atomic mass is 9.99. The molecule has 0 radical (unpaired) electrons. The molecule has 12 aromatic rings. The quantitative estimate of drug-likeness (QED) is 0.156. The van der Waals surface area contributed by atoms with E-state index < -0.39 is 0 Å². The van der Waals surface area contributed by atoms with Crippen molar-refractivity contribution in [2.24, 2.45) is 0 Å². The van der Waals surface area contributed by atoms with Crippen molar-refractivity contribution in [1.29, 1.82) is 0 Å². The van der Waals surface area contributed by atoms with E-state index in [0.29, 0.717) is 0 Å². The van der Waals surface area contributed by atoms with Gasteiger partial charge < -0.3 is 9.13 Å². The SMILES string of the molecule is c1ccc(-c2ccc(-n3c4ccc(-c5ccccc5)cc4c4cc(-c5ccc6c(c5)c5ccccc5n6-c5cc6ccccc6c6ccccc56)ccc43)cc2)cc1. The second-order valence-corrected chi connectivity index (χ2v) is 15.3. The molecule has 2 aromatic heterocycles. The summed E-state index contributed by atoms with van der Waals surface area (Å²) in [5.41, 5.74) is 14.4. The van der Waals surface area contributed by atoms with Crippen molar-refractivity contribution >= 4 is 65.2 Å². The number of rotatable bonds is 5. The van der Waals surface area contributed by atoms with Gasteiger partial charge in [0.05, 0.1) is 27.8 Å². The highest BCUT2D eigenvalue weighted by Gasteiger charge is 2.18. The summed E-state index contributed by atoms with van der Waals surface area (Å²) < 4.78 is 4.89. The van der Waals surface area contributed by atoms with Crippen LogP contribution in [-0.4, -0.2) is 9.13 Å². The topological polar surface area (TPSA) is 9.86 Å². The maximum Gasteiger partial charge on any atom is 0.0546 e. The molecule has 0 saturated heterocycles. The highest BCUT2D eigenvalue weighted by molar-refractivity contribution is 6.16. The van der Waals surface area contributed by atoms with Crippen LogP contribution in [0.1, 0.15) is 0 Å². The number of fused-ring (bicyclic) bond motifs is 9. The zero-order valence-electron chi connectivity index (χ0n) is 31.7. The van der Waals surface area contributed by atoms with Gasteiger partial charge in [-0.1, -0.05) is 158 Å². The Morgan fingerprint density at radius 1 is 0.224 bits per heavy atom. The normalized spacial score (nSPS) is 11.8. The third kappa shape index (κ3) is 5.05. The summed E-state index contributed by atoms with van der Waals surface area (Å²) in [6.45, 7) is 0. The molecule has 0 unspecified atom stereocenters. The van der Waals surface area contributed by atoms with Gasteiger partial charge >= 0.3 is 0 Å². The minimum absolute atomic E-state index is 1.15. The fourth-order valence-electron chi connectivity index (χ4n) is 9.36. The Labute approximate surface area is 336 Å². The van der Waals surface area contributed by atoms with Crippen LogP contribution in [0.25, 0.3) is 110 Å². The average molecular weight is 737 g/mol. The molecule has 0 N–H and O–H groups in total. The van der Waals surface area contributed by atoms with E-state index in [0.717, 1.165) is 5.69 Å². The highest BCUT2D eigenvalue weighted by Crippen LogP contribution is 2.41. The summed E-state index contributed by atoms with van der Waals surface area (Å²) in [5.74, 6) is 0. The van der Waals surface area contributed by atoms with Gasteiger partial charge in [0.25, 0.3) is 0 Å². The first kappa shape index (κ1) is 32.6. The van der Waals surface area contributed by atoms with Crippen LogP contribution < -0.4 is 0 Å². The van der Waals surface area contributed by atoms with Crippen LogP contribution in [0.2, 0.25) is 0 Å². The lowest BCUT2D eigenvalue weighted by Gasteiger charge is -2.14. The number of aromatic nitrogens is 2. The molecule has 0 fully saturated rings. The maximum atomic E-state index is 2.47. The van der Waals surface area contributed by atoms with Crippen molar-refractivity contribution in [2.75, 3.05) is 0 Å². The number of para-hydroxylation sites is 1. The fourth-order valence-corrected chi connectivity index (χ4v) is 9.36. The molecule has 10 aromatic carbocycles. The van der Waals surface area contributed by atoms with Crippen LogP contribution >= 0.6 is 0 Å². The average Bonchev–Trinajstić information content (AvgIpc) is 3.81. The molecule has 58 heavy (non-hydrogen) atoms. The Morgan fingerprint density at radius 3 is 1.28 bits per heavy atom. The summed E-state index contributed by atoms with van der Waals surface area (Å²) >= 11 is 0. The smallest absolute Gasteiger partial charge is 0.0546 e. The van der Waals surface area contributed by atoms with Gasteiger partial charge in [0.15, 0.2) is 0 Å². The largest absolute Gasteiger partial charge is 0.309 e. The van der Waals surface area contributed by atoms with Crippen molar-refractivity contribution in [1.82, 2.24) is 9.13 Å². The fraction of sp³-hybridized carbons (Fsp3) is 0. The zero-order chi connectivity index (χ0) is 38.2. The molecule has 0 aliphatic rings. The lowest BCUT2D eigenvalue weighted by molar-refractivity contribution is 1.18. The molecule has 0 atom stereocenters. The van der Waals surface area contributed by atoms with Gasteiger partial charge in [0, 0.05) is 32.6 Å². The Balaban J connectivity index is 1.05. The molecule has 0 aliphatic heterocycles. The van der Waals surface area contributed by atoms with Crippen LogP contribution in [0, 0.1) is 0 Å². The van der Waals surface area contributed by atoms with E-state index in [4.69, 9.17) is 0 Å². The number of hydrogen-bond acceptors (Lipinski definition) is 0. The number of benzene rings is 10. The van der Waals surface area contributed by atoms with Crippen molar-refractivity contribution in [3.63, 3.8) is 0 Å². The van der Waals surface area contributed by atoms with Crippen LogP contribution in [0.15, 0.2) is 218 Å². The predicted octanol–water partition coefficient (Wildman–Crippen LogP) is 15.2. The molecular weight excluding hydrogens is 701 g/mol. The first-order chi connectivity index (χ1) is 28.8. The van der Waals surface area contributed by atoms with Gasteiger partial charge in [-0.2, -0.15) is 0 Å². The van der Waals surface area contributed by atoms with Crippen LogP contribution in [0.4, 0.5) is 0 Å². The van der Waals surface area contributed by atoms with Crippen LogP contribution in [0.5, 0.6) is 0 Å². The molecule has 2 heteroatoms. The van der Waals surface area contributed by atoms with E-state index in [1.165, 1.54) is 104 Å². The first-order valence-electron chi connectivity index (χ1n) is 20.0. The van der Waals surface area contributed by atoms with Crippen LogP contribution in [0.3, 0.4) is 0 Å². The Kier molecular flexibility index (Phi) is 7.26. The van der Waals surface area contributed by atoms with E-state index in [9.17, 15) is 0 Å². The lowest BCUT2D eigenvalue weighted by Crippen LogP contribution is -1.96. The molecule has 2 nitrogen and oxygen atoms in total. The molecular formula is C56H36N2. The van der Waals surface area contributed by atoms with Crippen molar-refractivity contribution in [2.45, 2.75) is 0 Å². The molecule has 0 spiro atoms. The summed E-state index contributed by atoms with van der Waals surface area (Å²) in [6, 6.07) is 80.0. The minimum Gasteiger partial charge on any atom is -0.309 e. The second kappa shape index (κ2) is 12.9. The minimum atomic E-state index is 1.15. The van der Waals surface area contributed by atoms with Crippen molar-refractivity contribution in [3.05, 3.63) is 218 Å². The molecule has 2 heterocycles. The zero-order valence-corrected chi connectivity index (χ0v) is 31.7. The summed E-state index contributed by atoms with van der Waals surface area (Å²) in [7, 11) is 0. The summed E-state index contributed by atoms with van der Waals surface area (Å²) in [4.78, 5) is 0. The number of nitrogens with zero attached hydrogens (tertiary/aromatic N) is 2. The summed E-state index contributed by atoms with van der Waals surface area (Å²) in [5, 5.41) is 10.0. The molecule has 0 amide bonds. The van der Waals surface area contributed by atoms with Gasteiger partial charge in [-0.15, -0.1) is 0 Å². The van der Waals surface area contributed by atoms with Crippen molar-refractivity contribution in [3.8, 4) is 44.8 Å². The summed E-state index contributed by atoms with van der Waals surface area (Å²) in [6.07, 6.45) is 0. The first-order valence-corrected chi connectivity index (χ1v) is 20.0. The van der Waals surface area contributed by atoms with Gasteiger partial charge in [-0.3, -0.25) is 0 Å². The molecule has 0 aliphatic carbocycles. The Morgan fingerprint density at radius 2 is 0.638 bits per heavy atom. The molecule has 0 bridgehead atoms.